The van der Waals surface area contributed by atoms with E-state index in [4.69, 9.17) is 11.6 Å². The molecule has 110 valence electrons. The molecule has 2 rings (SSSR count). The Morgan fingerprint density at radius 1 is 1.60 bits per heavy atom. The van der Waals surface area contributed by atoms with Crippen molar-refractivity contribution < 1.29 is 14.3 Å². The first-order valence-corrected chi connectivity index (χ1v) is 7.23. The van der Waals surface area contributed by atoms with E-state index in [0.29, 0.717) is 18.8 Å². The van der Waals surface area contributed by atoms with E-state index < -0.39 is 11.4 Å². The summed E-state index contributed by atoms with van der Waals surface area (Å²) in [6, 6.07) is 3.65. The van der Waals surface area contributed by atoms with Crippen molar-refractivity contribution in [2.45, 2.75) is 38.2 Å². The molecule has 1 aliphatic carbocycles. The lowest BCUT2D eigenvalue weighted by molar-refractivity contribution is -0.0109. The predicted molar refractivity (Wildman–Crippen MR) is 76.3 cm³/mol. The van der Waals surface area contributed by atoms with Crippen LogP contribution in [-0.4, -0.2) is 23.2 Å². The Hall–Kier alpha value is -1.13. The summed E-state index contributed by atoms with van der Waals surface area (Å²) < 4.78 is 12.9. The number of carbonyl (C=O) groups excluding carboxylic acids is 1. The standard InChI is InChI=1S/C15H19ClFNO2/c1-10-3-2-6-15(20,8-10)9-18-14(19)12-5-4-11(17)7-13(12)16/h4-5,7,10,20H,2-3,6,8-9H2,1H3,(H,18,19). The van der Waals surface area contributed by atoms with E-state index >= 15 is 0 Å². The van der Waals surface area contributed by atoms with Gasteiger partial charge in [0.25, 0.3) is 5.91 Å². The van der Waals surface area contributed by atoms with Crippen LogP contribution in [0, 0.1) is 11.7 Å². The lowest BCUT2D eigenvalue weighted by atomic mass is 9.79. The average molecular weight is 300 g/mol. The summed E-state index contributed by atoms with van der Waals surface area (Å²) in [5, 5.41) is 13.2. The molecule has 2 atom stereocenters. The number of rotatable bonds is 3. The first-order chi connectivity index (χ1) is 9.39. The van der Waals surface area contributed by atoms with Gasteiger partial charge in [-0.15, -0.1) is 0 Å². The van der Waals surface area contributed by atoms with Gasteiger partial charge in [0.05, 0.1) is 16.2 Å². The van der Waals surface area contributed by atoms with Crippen molar-refractivity contribution in [3.05, 3.63) is 34.6 Å². The molecule has 0 spiro atoms. The second kappa shape index (κ2) is 6.10. The smallest absolute Gasteiger partial charge is 0.252 e. The van der Waals surface area contributed by atoms with Crippen molar-refractivity contribution in [2.75, 3.05) is 6.54 Å². The molecule has 1 aromatic carbocycles. The Morgan fingerprint density at radius 3 is 3.00 bits per heavy atom. The molecule has 1 saturated carbocycles. The molecule has 20 heavy (non-hydrogen) atoms. The van der Waals surface area contributed by atoms with Gasteiger partial charge in [-0.2, -0.15) is 0 Å². The van der Waals surface area contributed by atoms with Crippen LogP contribution in [0.5, 0.6) is 0 Å². The van der Waals surface area contributed by atoms with Crippen molar-refractivity contribution >= 4 is 17.5 Å². The van der Waals surface area contributed by atoms with E-state index in [0.717, 1.165) is 18.9 Å². The van der Waals surface area contributed by atoms with Gasteiger partial charge in [0.15, 0.2) is 0 Å². The number of aliphatic hydroxyl groups is 1. The highest BCUT2D eigenvalue weighted by Crippen LogP contribution is 2.31. The summed E-state index contributed by atoms with van der Waals surface area (Å²) in [6.45, 7) is 2.30. The molecule has 1 amide bonds. The van der Waals surface area contributed by atoms with Gasteiger partial charge in [-0.05, 0) is 37.0 Å². The quantitative estimate of drug-likeness (QED) is 0.901. The Bertz CT molecular complexity index is 509. The average Bonchev–Trinajstić information content (AvgIpc) is 2.36. The van der Waals surface area contributed by atoms with Gasteiger partial charge in [-0.3, -0.25) is 4.79 Å². The zero-order chi connectivity index (χ0) is 14.8. The molecule has 3 nitrogen and oxygen atoms in total. The van der Waals surface area contributed by atoms with Crippen LogP contribution in [0.15, 0.2) is 18.2 Å². The Labute approximate surface area is 123 Å². The van der Waals surface area contributed by atoms with Crippen molar-refractivity contribution in [1.29, 1.82) is 0 Å². The van der Waals surface area contributed by atoms with Crippen LogP contribution in [0.2, 0.25) is 5.02 Å². The SMILES string of the molecule is CC1CCCC(O)(CNC(=O)c2ccc(F)cc2Cl)C1. The molecule has 0 radical (unpaired) electrons. The number of hydrogen-bond donors (Lipinski definition) is 2. The molecule has 0 aromatic heterocycles. The molecule has 0 bridgehead atoms. The van der Waals surface area contributed by atoms with Crippen LogP contribution < -0.4 is 5.32 Å². The van der Waals surface area contributed by atoms with Gasteiger partial charge in [0.2, 0.25) is 0 Å². The molecule has 1 fully saturated rings. The third-order valence-corrected chi connectivity index (χ3v) is 4.13. The van der Waals surface area contributed by atoms with Gasteiger partial charge >= 0.3 is 0 Å². The molecule has 2 unspecified atom stereocenters. The first-order valence-electron chi connectivity index (χ1n) is 6.85. The molecular weight excluding hydrogens is 281 g/mol. The first kappa shape index (κ1) is 15.3. The molecule has 0 saturated heterocycles. The third-order valence-electron chi connectivity index (χ3n) is 3.82. The normalized spacial score (nSPS) is 26.3. The van der Waals surface area contributed by atoms with E-state index in [1.54, 1.807) is 0 Å². The zero-order valence-corrected chi connectivity index (χ0v) is 12.2. The van der Waals surface area contributed by atoms with E-state index in [2.05, 4.69) is 12.2 Å². The van der Waals surface area contributed by atoms with Crippen LogP contribution >= 0.6 is 11.6 Å². The number of nitrogens with one attached hydrogen (secondary N) is 1. The van der Waals surface area contributed by atoms with Crippen molar-refractivity contribution in [3.63, 3.8) is 0 Å². The molecule has 5 heteroatoms. The maximum atomic E-state index is 12.9. The van der Waals surface area contributed by atoms with Gasteiger partial charge in [0.1, 0.15) is 5.82 Å². The summed E-state index contributed by atoms with van der Waals surface area (Å²) in [5.41, 5.74) is -0.625. The number of amides is 1. The Kier molecular flexibility index (Phi) is 4.66. The minimum Gasteiger partial charge on any atom is -0.388 e. The summed E-state index contributed by atoms with van der Waals surface area (Å²) in [6.07, 6.45) is 3.45. The minimum absolute atomic E-state index is 0.0755. The van der Waals surface area contributed by atoms with Crippen molar-refractivity contribution in [3.8, 4) is 0 Å². The third kappa shape index (κ3) is 3.70. The molecule has 0 aliphatic heterocycles. The summed E-state index contributed by atoms with van der Waals surface area (Å²) >= 11 is 5.84. The molecule has 1 aliphatic rings. The maximum Gasteiger partial charge on any atom is 0.252 e. The lowest BCUT2D eigenvalue weighted by Gasteiger charge is -2.35. The van der Waals surface area contributed by atoms with Gasteiger partial charge in [-0.25, -0.2) is 4.39 Å². The molecular formula is C15H19ClFNO2. The summed E-state index contributed by atoms with van der Waals surface area (Å²) in [4.78, 5) is 12.0. The van der Waals surface area contributed by atoms with Crippen LogP contribution in [0.25, 0.3) is 0 Å². The fourth-order valence-electron chi connectivity index (χ4n) is 2.81. The molecule has 1 aromatic rings. The van der Waals surface area contributed by atoms with Gasteiger partial charge in [0, 0.05) is 6.54 Å². The summed E-state index contributed by atoms with van der Waals surface area (Å²) in [5.74, 6) is -0.409. The van der Waals surface area contributed by atoms with Gasteiger partial charge < -0.3 is 10.4 Å². The molecule has 2 N–H and O–H groups in total. The van der Waals surface area contributed by atoms with E-state index in [1.807, 2.05) is 0 Å². The second-order valence-electron chi connectivity index (χ2n) is 5.73. The van der Waals surface area contributed by atoms with Crippen molar-refractivity contribution in [1.82, 2.24) is 5.32 Å². The van der Waals surface area contributed by atoms with E-state index in [1.165, 1.54) is 12.1 Å². The number of halogens is 2. The zero-order valence-electron chi connectivity index (χ0n) is 11.5. The highest BCUT2D eigenvalue weighted by Gasteiger charge is 2.33. The van der Waals surface area contributed by atoms with Crippen LogP contribution in [0.4, 0.5) is 4.39 Å². The fourth-order valence-corrected chi connectivity index (χ4v) is 3.06. The number of benzene rings is 1. The van der Waals surface area contributed by atoms with E-state index in [-0.39, 0.29) is 23.0 Å². The molecule has 0 heterocycles. The number of hydrogen-bond acceptors (Lipinski definition) is 2. The van der Waals surface area contributed by atoms with Crippen LogP contribution in [0.1, 0.15) is 43.0 Å². The number of carbonyl (C=O) groups is 1. The largest absolute Gasteiger partial charge is 0.388 e. The second-order valence-corrected chi connectivity index (χ2v) is 6.14. The van der Waals surface area contributed by atoms with Crippen molar-refractivity contribution in [2.24, 2.45) is 5.92 Å². The Balaban J connectivity index is 1.98. The predicted octanol–water partition coefficient (Wildman–Crippen LogP) is 3.15. The topological polar surface area (TPSA) is 49.3 Å². The fraction of sp³-hybridized carbons (Fsp3) is 0.533. The minimum atomic E-state index is -0.847. The summed E-state index contributed by atoms with van der Waals surface area (Å²) in [7, 11) is 0. The monoisotopic (exact) mass is 299 g/mol. The van der Waals surface area contributed by atoms with Gasteiger partial charge in [-0.1, -0.05) is 31.4 Å². The maximum absolute atomic E-state index is 12.9. The lowest BCUT2D eigenvalue weighted by Crippen LogP contribution is -2.45. The van der Waals surface area contributed by atoms with Crippen LogP contribution in [-0.2, 0) is 0 Å². The highest BCUT2D eigenvalue weighted by atomic mass is 35.5. The highest BCUT2D eigenvalue weighted by molar-refractivity contribution is 6.33. The Morgan fingerprint density at radius 2 is 2.35 bits per heavy atom. The van der Waals surface area contributed by atoms with E-state index in [9.17, 15) is 14.3 Å². The van der Waals surface area contributed by atoms with Crippen LogP contribution in [0.3, 0.4) is 0 Å².